The number of carbonyl (C=O) groups excluding carboxylic acids is 3. The van der Waals surface area contributed by atoms with Gasteiger partial charge in [-0.1, -0.05) is 23.7 Å². The van der Waals surface area contributed by atoms with Gasteiger partial charge in [0.1, 0.15) is 12.2 Å². The third kappa shape index (κ3) is 5.29. The number of hydrogen-bond donors (Lipinski definition) is 1. The van der Waals surface area contributed by atoms with Crippen molar-refractivity contribution in [3.8, 4) is 11.5 Å². The Labute approximate surface area is 216 Å². The molecule has 1 aliphatic rings. The molecule has 0 bridgehead atoms. The number of hydrogen-bond acceptors (Lipinski definition) is 7. The van der Waals surface area contributed by atoms with E-state index in [1.807, 2.05) is 0 Å². The Morgan fingerprint density at radius 2 is 1.78 bits per heavy atom. The fraction of sp³-hybridized carbons (Fsp3) is 0.115. The van der Waals surface area contributed by atoms with Gasteiger partial charge in [-0.25, -0.2) is 9.69 Å². The highest BCUT2D eigenvalue weighted by Crippen LogP contribution is 2.32. The van der Waals surface area contributed by atoms with E-state index in [2.05, 4.69) is 5.32 Å². The number of imide groups is 2. The number of nitro benzene ring substituents is 1. The number of anilines is 1. The lowest BCUT2D eigenvalue weighted by atomic mass is 10.1. The summed E-state index contributed by atoms with van der Waals surface area (Å²) in [4.78, 5) is 49.4. The predicted octanol–water partition coefficient (Wildman–Crippen LogP) is 4.81. The van der Waals surface area contributed by atoms with Gasteiger partial charge in [0.05, 0.1) is 17.7 Å². The number of benzene rings is 3. The van der Waals surface area contributed by atoms with Gasteiger partial charge in [-0.2, -0.15) is 0 Å². The third-order valence-electron chi connectivity index (χ3n) is 5.62. The minimum absolute atomic E-state index is 0.0224. The first-order chi connectivity index (χ1) is 17.7. The first-order valence-corrected chi connectivity index (χ1v) is 11.3. The first kappa shape index (κ1) is 25.4. The molecule has 1 saturated heterocycles. The van der Waals surface area contributed by atoms with E-state index in [9.17, 15) is 24.5 Å². The van der Waals surface area contributed by atoms with Gasteiger partial charge >= 0.3 is 6.03 Å². The molecular formula is C26H20ClN3O7. The molecule has 1 N–H and O–H groups in total. The van der Waals surface area contributed by atoms with Gasteiger partial charge in [-0.3, -0.25) is 25.0 Å². The SMILES string of the molecule is COc1cc(/C=C2\C(=O)NC(=O)N(c3cccc(Cl)c3C)C2=O)ccc1OCc1ccc([N+](=O)[O-])cc1. The van der Waals surface area contributed by atoms with Gasteiger partial charge < -0.3 is 9.47 Å². The van der Waals surface area contributed by atoms with E-state index >= 15 is 0 Å². The van der Waals surface area contributed by atoms with Crippen LogP contribution in [0, 0.1) is 17.0 Å². The van der Waals surface area contributed by atoms with Gasteiger partial charge in [0, 0.05) is 17.2 Å². The highest BCUT2D eigenvalue weighted by Gasteiger charge is 2.37. The Kier molecular flexibility index (Phi) is 7.21. The molecule has 4 amide bonds. The van der Waals surface area contributed by atoms with Crippen molar-refractivity contribution in [1.82, 2.24) is 5.32 Å². The van der Waals surface area contributed by atoms with Crippen LogP contribution in [0.4, 0.5) is 16.2 Å². The number of nitro groups is 1. The lowest BCUT2D eigenvalue weighted by Crippen LogP contribution is -2.54. The fourth-order valence-electron chi connectivity index (χ4n) is 3.65. The summed E-state index contributed by atoms with van der Waals surface area (Å²) in [5.41, 5.74) is 1.67. The largest absolute Gasteiger partial charge is 0.493 e. The molecule has 1 fully saturated rings. The van der Waals surface area contributed by atoms with Gasteiger partial charge in [0.25, 0.3) is 17.5 Å². The fourth-order valence-corrected chi connectivity index (χ4v) is 3.82. The molecule has 1 heterocycles. The van der Waals surface area contributed by atoms with Crippen molar-refractivity contribution in [1.29, 1.82) is 0 Å². The van der Waals surface area contributed by atoms with E-state index in [4.69, 9.17) is 21.1 Å². The Balaban J connectivity index is 1.58. The van der Waals surface area contributed by atoms with Crippen molar-refractivity contribution < 1.29 is 28.8 Å². The standard InChI is InChI=1S/C26H20ClN3O7/c1-15-20(27)4-3-5-21(15)29-25(32)19(24(31)28-26(29)33)12-17-8-11-22(23(13-17)36-2)37-14-16-6-9-18(10-7-16)30(34)35/h3-13H,14H2,1-2H3,(H,28,31,33)/b19-12+. The minimum Gasteiger partial charge on any atom is -0.493 e. The number of urea groups is 1. The first-order valence-electron chi connectivity index (χ1n) is 10.9. The second-order valence-electron chi connectivity index (χ2n) is 7.96. The molecule has 0 atom stereocenters. The highest BCUT2D eigenvalue weighted by atomic mass is 35.5. The number of rotatable bonds is 7. The van der Waals surface area contributed by atoms with E-state index in [1.54, 1.807) is 55.5 Å². The number of barbiturate groups is 1. The summed E-state index contributed by atoms with van der Waals surface area (Å²) in [6.07, 6.45) is 1.35. The van der Waals surface area contributed by atoms with E-state index in [-0.39, 0.29) is 23.6 Å². The summed E-state index contributed by atoms with van der Waals surface area (Å²) in [6.45, 7) is 1.80. The van der Waals surface area contributed by atoms with Crippen molar-refractivity contribution in [2.45, 2.75) is 13.5 Å². The molecule has 37 heavy (non-hydrogen) atoms. The van der Waals surface area contributed by atoms with Crippen LogP contribution in [0.2, 0.25) is 5.02 Å². The molecule has 10 nitrogen and oxygen atoms in total. The maximum atomic E-state index is 13.2. The van der Waals surface area contributed by atoms with E-state index in [0.29, 0.717) is 33.2 Å². The summed E-state index contributed by atoms with van der Waals surface area (Å²) < 4.78 is 11.2. The average Bonchev–Trinajstić information content (AvgIpc) is 2.88. The van der Waals surface area contributed by atoms with Crippen LogP contribution in [0.5, 0.6) is 11.5 Å². The zero-order chi connectivity index (χ0) is 26.7. The van der Waals surface area contributed by atoms with Crippen LogP contribution in [0.3, 0.4) is 0 Å². The van der Waals surface area contributed by atoms with Crippen molar-refractivity contribution in [2.75, 3.05) is 12.0 Å². The summed E-state index contributed by atoms with van der Waals surface area (Å²) in [7, 11) is 1.44. The Morgan fingerprint density at radius 3 is 2.46 bits per heavy atom. The van der Waals surface area contributed by atoms with E-state index < -0.39 is 22.8 Å². The zero-order valence-electron chi connectivity index (χ0n) is 19.7. The minimum atomic E-state index is -0.870. The third-order valence-corrected chi connectivity index (χ3v) is 6.03. The number of carbonyl (C=O) groups is 3. The summed E-state index contributed by atoms with van der Waals surface area (Å²) in [5.74, 6) is -0.910. The normalized spacial score (nSPS) is 14.5. The number of ether oxygens (including phenoxy) is 2. The molecular weight excluding hydrogens is 502 g/mol. The van der Waals surface area contributed by atoms with Crippen molar-refractivity contribution >= 4 is 46.9 Å². The van der Waals surface area contributed by atoms with Crippen molar-refractivity contribution in [2.24, 2.45) is 0 Å². The van der Waals surface area contributed by atoms with Crippen LogP contribution in [0.15, 0.2) is 66.2 Å². The van der Waals surface area contributed by atoms with E-state index in [0.717, 1.165) is 4.90 Å². The number of halogens is 1. The monoisotopic (exact) mass is 521 g/mol. The molecule has 4 rings (SSSR count). The molecule has 0 unspecified atom stereocenters. The van der Waals surface area contributed by atoms with Crippen LogP contribution in [-0.4, -0.2) is 29.9 Å². The summed E-state index contributed by atoms with van der Waals surface area (Å²) in [6, 6.07) is 14.7. The molecule has 0 aromatic heterocycles. The lowest BCUT2D eigenvalue weighted by Gasteiger charge is -2.27. The van der Waals surface area contributed by atoms with Crippen LogP contribution >= 0.6 is 11.6 Å². The number of methoxy groups -OCH3 is 1. The molecule has 11 heteroatoms. The van der Waals surface area contributed by atoms with Gasteiger partial charge in [0.2, 0.25) is 0 Å². The topological polar surface area (TPSA) is 128 Å². The van der Waals surface area contributed by atoms with Crippen LogP contribution in [0.25, 0.3) is 6.08 Å². The molecule has 1 aliphatic heterocycles. The van der Waals surface area contributed by atoms with Crippen LogP contribution < -0.4 is 19.7 Å². The molecule has 0 aliphatic carbocycles. The van der Waals surface area contributed by atoms with Crippen LogP contribution in [-0.2, 0) is 16.2 Å². The maximum Gasteiger partial charge on any atom is 0.335 e. The van der Waals surface area contributed by atoms with Gasteiger partial charge in [-0.05, 0) is 66.1 Å². The Morgan fingerprint density at radius 1 is 1.05 bits per heavy atom. The second kappa shape index (κ2) is 10.5. The number of non-ortho nitro benzene ring substituents is 1. The van der Waals surface area contributed by atoms with Crippen molar-refractivity contribution in [3.05, 3.63) is 98.1 Å². The summed E-state index contributed by atoms with van der Waals surface area (Å²) in [5, 5.41) is 13.4. The molecule has 0 spiro atoms. The maximum absolute atomic E-state index is 13.2. The predicted molar refractivity (Wildman–Crippen MR) is 136 cm³/mol. The lowest BCUT2D eigenvalue weighted by molar-refractivity contribution is -0.384. The number of nitrogens with zero attached hydrogens (tertiary/aromatic N) is 2. The molecule has 188 valence electrons. The second-order valence-corrected chi connectivity index (χ2v) is 8.37. The highest BCUT2D eigenvalue weighted by molar-refractivity contribution is 6.39. The van der Waals surface area contributed by atoms with E-state index in [1.165, 1.54) is 25.3 Å². The Hall–Kier alpha value is -4.70. The average molecular weight is 522 g/mol. The quantitative estimate of drug-likeness (QED) is 0.204. The van der Waals surface area contributed by atoms with Gasteiger partial charge in [-0.15, -0.1) is 0 Å². The molecule has 3 aromatic rings. The summed E-state index contributed by atoms with van der Waals surface area (Å²) >= 11 is 6.15. The van der Waals surface area contributed by atoms with Gasteiger partial charge in [0.15, 0.2) is 11.5 Å². The Bertz CT molecular complexity index is 1450. The van der Waals surface area contributed by atoms with Crippen LogP contribution in [0.1, 0.15) is 16.7 Å². The van der Waals surface area contributed by atoms with Crippen molar-refractivity contribution in [3.63, 3.8) is 0 Å². The smallest absolute Gasteiger partial charge is 0.335 e. The molecule has 0 radical (unpaired) electrons. The zero-order valence-corrected chi connectivity index (χ0v) is 20.4. The molecule has 3 aromatic carbocycles. The number of amides is 4. The number of nitrogens with one attached hydrogen (secondary N) is 1. The molecule has 0 saturated carbocycles.